The maximum Gasteiger partial charge on any atom is 0.247 e. The first-order chi connectivity index (χ1) is 17.4. The molecule has 5 heterocycles. The first-order valence-corrected chi connectivity index (χ1v) is 11.9. The van der Waals surface area contributed by atoms with Crippen LogP contribution in [0.2, 0.25) is 0 Å². The highest BCUT2D eigenvalue weighted by Crippen LogP contribution is 2.42. The van der Waals surface area contributed by atoms with Crippen molar-refractivity contribution in [2.75, 3.05) is 47.2 Å². The number of ether oxygens (including phenoxy) is 1. The van der Waals surface area contributed by atoms with Gasteiger partial charge in [0, 0.05) is 31.2 Å². The van der Waals surface area contributed by atoms with Gasteiger partial charge in [0.15, 0.2) is 5.82 Å². The maximum absolute atomic E-state index is 12.1. The van der Waals surface area contributed by atoms with Gasteiger partial charge in [0.05, 0.1) is 24.2 Å². The Labute approximate surface area is 209 Å². The Kier molecular flexibility index (Phi) is 6.13. The molecular weight excluding hydrogens is 458 g/mol. The van der Waals surface area contributed by atoms with E-state index in [0.717, 1.165) is 37.3 Å². The third-order valence-electron chi connectivity index (χ3n) is 6.33. The number of nitrogens with zero attached hydrogens (tertiary/aromatic N) is 7. The molecule has 0 spiro atoms. The van der Waals surface area contributed by atoms with Crippen molar-refractivity contribution in [2.24, 2.45) is 0 Å². The molecule has 0 unspecified atom stereocenters. The SMILES string of the molecule is C=CC(=O)Nc1cc(Nc2ncnc(N3CC(C)(C)c4ncccc43)n2)c(OC)nc1N1CCCC1. The van der Waals surface area contributed by atoms with E-state index in [1.54, 1.807) is 19.4 Å². The molecule has 2 aliphatic heterocycles. The Morgan fingerprint density at radius 1 is 1.17 bits per heavy atom. The van der Waals surface area contributed by atoms with Gasteiger partial charge in [0.1, 0.15) is 12.0 Å². The lowest BCUT2D eigenvalue weighted by Crippen LogP contribution is -2.26. The van der Waals surface area contributed by atoms with Crippen molar-refractivity contribution in [2.45, 2.75) is 32.1 Å². The third-order valence-corrected chi connectivity index (χ3v) is 6.33. The third kappa shape index (κ3) is 4.39. The number of aromatic nitrogens is 5. The van der Waals surface area contributed by atoms with Gasteiger partial charge in [0.2, 0.25) is 23.7 Å². The number of methoxy groups -OCH3 is 1. The number of pyridine rings is 2. The zero-order valence-corrected chi connectivity index (χ0v) is 20.7. The average Bonchev–Trinajstić information content (AvgIpc) is 3.51. The number of hydrogen-bond acceptors (Lipinski definition) is 10. The van der Waals surface area contributed by atoms with Crippen LogP contribution >= 0.6 is 0 Å². The highest BCUT2D eigenvalue weighted by atomic mass is 16.5. The Bertz CT molecular complexity index is 1300. The summed E-state index contributed by atoms with van der Waals surface area (Å²) >= 11 is 0. The largest absolute Gasteiger partial charge is 0.479 e. The van der Waals surface area contributed by atoms with Crippen molar-refractivity contribution >= 4 is 40.7 Å². The lowest BCUT2D eigenvalue weighted by atomic mass is 9.91. The first-order valence-electron chi connectivity index (χ1n) is 11.9. The Morgan fingerprint density at radius 3 is 2.72 bits per heavy atom. The fraction of sp³-hybridized carbons (Fsp3) is 0.360. The summed E-state index contributed by atoms with van der Waals surface area (Å²) in [6.45, 7) is 10.3. The normalized spacial score (nSPS) is 16.0. The van der Waals surface area contributed by atoms with Gasteiger partial charge in [-0.25, -0.2) is 9.97 Å². The molecule has 11 nitrogen and oxygen atoms in total. The molecule has 0 bridgehead atoms. The second-order valence-electron chi connectivity index (χ2n) is 9.38. The highest BCUT2D eigenvalue weighted by molar-refractivity contribution is 6.01. The molecule has 0 radical (unpaired) electrons. The molecular formula is C25H29N9O2. The van der Waals surface area contributed by atoms with E-state index in [9.17, 15) is 4.79 Å². The Morgan fingerprint density at radius 2 is 1.97 bits per heavy atom. The summed E-state index contributed by atoms with van der Waals surface area (Å²) in [5.74, 6) is 1.54. The van der Waals surface area contributed by atoms with Crippen LogP contribution in [-0.4, -0.2) is 57.6 Å². The molecule has 2 aliphatic rings. The van der Waals surface area contributed by atoms with Gasteiger partial charge in [-0.1, -0.05) is 20.4 Å². The zero-order valence-electron chi connectivity index (χ0n) is 20.7. The van der Waals surface area contributed by atoms with E-state index in [2.05, 4.69) is 55.9 Å². The van der Waals surface area contributed by atoms with Crippen molar-refractivity contribution in [1.82, 2.24) is 24.9 Å². The molecule has 186 valence electrons. The molecule has 0 aromatic carbocycles. The second-order valence-corrected chi connectivity index (χ2v) is 9.38. The second kappa shape index (κ2) is 9.40. The Hall–Kier alpha value is -4.28. The molecule has 2 N–H and O–H groups in total. The van der Waals surface area contributed by atoms with Crippen LogP contribution < -0.4 is 25.2 Å². The van der Waals surface area contributed by atoms with E-state index in [1.165, 1.54) is 12.4 Å². The minimum Gasteiger partial charge on any atom is -0.479 e. The quantitative estimate of drug-likeness (QED) is 0.478. The van der Waals surface area contributed by atoms with Crippen LogP contribution in [0.3, 0.4) is 0 Å². The average molecular weight is 488 g/mol. The highest BCUT2D eigenvalue weighted by Gasteiger charge is 2.38. The molecule has 1 saturated heterocycles. The van der Waals surface area contributed by atoms with E-state index in [4.69, 9.17) is 9.72 Å². The molecule has 1 fully saturated rings. The van der Waals surface area contributed by atoms with Gasteiger partial charge in [-0.2, -0.15) is 9.97 Å². The number of hydrogen-bond donors (Lipinski definition) is 2. The van der Waals surface area contributed by atoms with Crippen molar-refractivity contribution in [3.05, 3.63) is 49.1 Å². The lowest BCUT2D eigenvalue weighted by Gasteiger charge is -2.22. The topological polar surface area (TPSA) is 121 Å². The monoisotopic (exact) mass is 487 g/mol. The molecule has 11 heteroatoms. The number of carbonyl (C=O) groups excluding carboxylic acids is 1. The first kappa shape index (κ1) is 23.5. The summed E-state index contributed by atoms with van der Waals surface area (Å²) in [4.78, 5) is 39.0. The molecule has 0 aliphatic carbocycles. The summed E-state index contributed by atoms with van der Waals surface area (Å²) in [5.41, 5.74) is 2.91. The minimum atomic E-state index is -0.320. The van der Waals surface area contributed by atoms with Crippen LogP contribution in [-0.2, 0) is 10.2 Å². The van der Waals surface area contributed by atoms with Crippen LogP contribution in [0.4, 0.5) is 34.8 Å². The maximum atomic E-state index is 12.1. The van der Waals surface area contributed by atoms with E-state index < -0.39 is 0 Å². The van der Waals surface area contributed by atoms with Gasteiger partial charge < -0.3 is 25.2 Å². The van der Waals surface area contributed by atoms with Gasteiger partial charge in [-0.15, -0.1) is 0 Å². The standard InChI is InChI=1S/C25H29N9O2/c1-5-19(35)29-16-13-17(22(36-4)31-21(16)33-11-6-7-12-33)30-23-27-15-28-24(32-23)34-14-25(2,3)20-18(34)9-8-10-26-20/h5,8-10,13,15H,1,6-7,11-12,14H2,2-4H3,(H,29,35)(H,27,28,30,32). The number of carbonyl (C=O) groups is 1. The van der Waals surface area contributed by atoms with Crippen molar-refractivity contribution in [3.63, 3.8) is 0 Å². The van der Waals surface area contributed by atoms with Gasteiger partial charge in [-0.3, -0.25) is 9.78 Å². The van der Waals surface area contributed by atoms with E-state index in [1.807, 2.05) is 17.0 Å². The molecule has 3 aromatic rings. The van der Waals surface area contributed by atoms with Crippen molar-refractivity contribution in [1.29, 1.82) is 0 Å². The van der Waals surface area contributed by atoms with Crippen LogP contribution in [0.5, 0.6) is 5.88 Å². The smallest absolute Gasteiger partial charge is 0.247 e. The fourth-order valence-corrected chi connectivity index (χ4v) is 4.65. The molecule has 0 saturated carbocycles. The number of fused-ring (bicyclic) bond motifs is 1. The fourth-order valence-electron chi connectivity index (χ4n) is 4.65. The van der Waals surface area contributed by atoms with Crippen molar-refractivity contribution in [3.8, 4) is 5.88 Å². The van der Waals surface area contributed by atoms with Crippen LogP contribution in [0.1, 0.15) is 32.4 Å². The van der Waals surface area contributed by atoms with E-state index in [-0.39, 0.29) is 11.3 Å². The van der Waals surface area contributed by atoms with Crippen molar-refractivity contribution < 1.29 is 9.53 Å². The molecule has 5 rings (SSSR count). The van der Waals surface area contributed by atoms with Gasteiger partial charge in [-0.05, 0) is 37.1 Å². The van der Waals surface area contributed by atoms with Crippen LogP contribution in [0, 0.1) is 0 Å². The Balaban J connectivity index is 1.48. The van der Waals surface area contributed by atoms with Gasteiger partial charge in [0.25, 0.3) is 0 Å². The summed E-state index contributed by atoms with van der Waals surface area (Å²) in [6, 6.07) is 5.71. The lowest BCUT2D eigenvalue weighted by molar-refractivity contribution is -0.111. The molecule has 36 heavy (non-hydrogen) atoms. The van der Waals surface area contributed by atoms with Crippen LogP contribution in [0.25, 0.3) is 0 Å². The summed E-state index contributed by atoms with van der Waals surface area (Å²) in [5, 5.41) is 6.06. The number of anilines is 6. The molecule has 0 atom stereocenters. The zero-order chi connectivity index (χ0) is 25.3. The summed E-state index contributed by atoms with van der Waals surface area (Å²) in [6.07, 6.45) is 6.63. The van der Waals surface area contributed by atoms with E-state index in [0.29, 0.717) is 41.5 Å². The predicted octanol–water partition coefficient (Wildman–Crippen LogP) is 3.57. The van der Waals surface area contributed by atoms with E-state index >= 15 is 0 Å². The summed E-state index contributed by atoms with van der Waals surface area (Å²) < 4.78 is 5.58. The number of nitrogens with one attached hydrogen (secondary N) is 2. The number of amides is 1. The molecule has 1 amide bonds. The minimum absolute atomic E-state index is 0.145. The summed E-state index contributed by atoms with van der Waals surface area (Å²) in [7, 11) is 1.55. The van der Waals surface area contributed by atoms with Gasteiger partial charge >= 0.3 is 0 Å². The van der Waals surface area contributed by atoms with Crippen LogP contribution in [0.15, 0.2) is 43.4 Å². The predicted molar refractivity (Wildman–Crippen MR) is 138 cm³/mol. The number of rotatable bonds is 7. The molecule has 3 aromatic heterocycles.